The normalized spacial score (nSPS) is 10.7. The summed E-state index contributed by atoms with van der Waals surface area (Å²) < 4.78 is 5.32. The van der Waals surface area contributed by atoms with Gasteiger partial charge in [0.15, 0.2) is 0 Å². The van der Waals surface area contributed by atoms with Crippen molar-refractivity contribution in [2.45, 2.75) is 26.3 Å². The van der Waals surface area contributed by atoms with Crippen molar-refractivity contribution in [1.82, 2.24) is 5.32 Å². The highest BCUT2D eigenvalue weighted by atomic mass is 79.9. The Hall–Kier alpha value is -0.540. The van der Waals surface area contributed by atoms with Crippen molar-refractivity contribution >= 4 is 15.9 Å². The van der Waals surface area contributed by atoms with Crippen LogP contribution in [0.3, 0.4) is 0 Å². The van der Waals surface area contributed by atoms with E-state index in [1.807, 2.05) is 6.07 Å². The highest BCUT2D eigenvalue weighted by Gasteiger charge is 2.06. The summed E-state index contributed by atoms with van der Waals surface area (Å²) >= 11 is 3.35. The third-order valence-corrected chi connectivity index (χ3v) is 2.78. The Morgan fingerprint density at radius 2 is 2.13 bits per heavy atom. The molecule has 0 atom stereocenters. The van der Waals surface area contributed by atoms with E-state index >= 15 is 0 Å². The summed E-state index contributed by atoms with van der Waals surface area (Å²) in [6.45, 7) is 5.22. The Morgan fingerprint density at radius 1 is 1.40 bits per heavy atom. The van der Waals surface area contributed by atoms with Crippen LogP contribution in [0.2, 0.25) is 0 Å². The number of ether oxygens (including phenoxy) is 1. The molecule has 1 aromatic rings. The zero-order chi connectivity index (χ0) is 11.3. The molecule has 0 saturated carbocycles. The van der Waals surface area contributed by atoms with Crippen molar-refractivity contribution in [3.05, 3.63) is 29.3 Å². The van der Waals surface area contributed by atoms with Gasteiger partial charge >= 0.3 is 0 Å². The van der Waals surface area contributed by atoms with Gasteiger partial charge in [0.05, 0.1) is 12.6 Å². The van der Waals surface area contributed by atoms with E-state index in [1.165, 1.54) is 11.1 Å². The van der Waals surface area contributed by atoms with Gasteiger partial charge in [-0.2, -0.15) is 0 Å². The van der Waals surface area contributed by atoms with Crippen molar-refractivity contribution in [3.63, 3.8) is 0 Å². The van der Waals surface area contributed by atoms with Crippen LogP contribution in [-0.2, 0) is 6.54 Å². The predicted molar refractivity (Wildman–Crippen MR) is 67.7 cm³/mol. The molecule has 0 amide bonds. The zero-order valence-electron chi connectivity index (χ0n) is 9.51. The number of halogens is 1. The first-order valence-corrected chi connectivity index (χ1v) is 6.24. The number of hydrogen-bond donors (Lipinski definition) is 1. The number of nitrogens with one attached hydrogen (secondary N) is 1. The molecule has 84 valence electrons. The van der Waals surface area contributed by atoms with Crippen molar-refractivity contribution in [1.29, 1.82) is 0 Å². The second kappa shape index (κ2) is 6.13. The summed E-state index contributed by atoms with van der Waals surface area (Å²) in [7, 11) is 1.71. The molecule has 3 heteroatoms. The fraction of sp³-hybridized carbons (Fsp3) is 0.500. The van der Waals surface area contributed by atoms with E-state index in [0.717, 1.165) is 17.7 Å². The van der Waals surface area contributed by atoms with Gasteiger partial charge in [0, 0.05) is 12.1 Å². The Bertz CT molecular complexity index is 312. The number of methoxy groups -OCH3 is 1. The molecule has 15 heavy (non-hydrogen) atoms. The van der Waals surface area contributed by atoms with Crippen LogP contribution in [0.15, 0.2) is 18.2 Å². The van der Waals surface area contributed by atoms with Crippen LogP contribution in [0.25, 0.3) is 0 Å². The molecule has 0 spiro atoms. The van der Waals surface area contributed by atoms with Crippen molar-refractivity contribution in [2.24, 2.45) is 0 Å². The van der Waals surface area contributed by atoms with Gasteiger partial charge in [-0.25, -0.2) is 0 Å². The zero-order valence-corrected chi connectivity index (χ0v) is 11.1. The Kier molecular flexibility index (Phi) is 5.12. The maximum atomic E-state index is 5.32. The first-order valence-electron chi connectivity index (χ1n) is 5.12. The molecular formula is C12H18BrNO. The summed E-state index contributed by atoms with van der Waals surface area (Å²) in [6.07, 6.45) is 0. The average Bonchev–Trinajstić information content (AvgIpc) is 2.25. The van der Waals surface area contributed by atoms with Gasteiger partial charge in [-0.3, -0.25) is 0 Å². The van der Waals surface area contributed by atoms with Gasteiger partial charge in [0.25, 0.3) is 0 Å². The lowest BCUT2D eigenvalue weighted by molar-refractivity contribution is 0.408. The highest BCUT2D eigenvalue weighted by Crippen LogP contribution is 2.23. The number of benzene rings is 1. The Morgan fingerprint density at radius 3 is 2.67 bits per heavy atom. The minimum atomic E-state index is 0.554. The van der Waals surface area contributed by atoms with Gasteiger partial charge in [-0.1, -0.05) is 41.9 Å². The van der Waals surface area contributed by atoms with E-state index < -0.39 is 0 Å². The van der Waals surface area contributed by atoms with Crippen LogP contribution in [0, 0.1) is 0 Å². The molecule has 1 rings (SSSR count). The van der Waals surface area contributed by atoms with Crippen LogP contribution >= 0.6 is 15.9 Å². The maximum absolute atomic E-state index is 5.32. The number of hydrogen-bond acceptors (Lipinski definition) is 2. The molecule has 1 aromatic carbocycles. The molecule has 0 aromatic heterocycles. The fourth-order valence-electron chi connectivity index (χ4n) is 1.48. The van der Waals surface area contributed by atoms with Crippen molar-refractivity contribution in [2.75, 3.05) is 12.6 Å². The number of alkyl halides is 1. The van der Waals surface area contributed by atoms with E-state index in [4.69, 9.17) is 4.74 Å². The molecular weight excluding hydrogens is 254 g/mol. The molecule has 0 unspecified atom stereocenters. The van der Waals surface area contributed by atoms with Crippen LogP contribution in [0.1, 0.15) is 30.9 Å². The van der Waals surface area contributed by atoms with E-state index in [-0.39, 0.29) is 0 Å². The van der Waals surface area contributed by atoms with Crippen LogP contribution in [0.5, 0.6) is 5.75 Å². The largest absolute Gasteiger partial charge is 0.496 e. The lowest BCUT2D eigenvalue weighted by Gasteiger charge is -2.12. The first-order chi connectivity index (χ1) is 7.19. The smallest absolute Gasteiger partial charge is 0.123 e. The molecule has 0 fully saturated rings. The fourth-order valence-corrected chi connectivity index (χ4v) is 1.68. The summed E-state index contributed by atoms with van der Waals surface area (Å²) in [6, 6.07) is 6.38. The minimum absolute atomic E-state index is 0.554. The summed E-state index contributed by atoms with van der Waals surface area (Å²) in [5.41, 5.74) is 3.35. The van der Waals surface area contributed by atoms with Gasteiger partial charge in [-0.05, 0) is 17.5 Å². The summed E-state index contributed by atoms with van der Waals surface area (Å²) in [5, 5.41) is 3.24. The molecule has 0 aliphatic heterocycles. The average molecular weight is 272 g/mol. The molecule has 0 radical (unpaired) electrons. The van der Waals surface area contributed by atoms with Gasteiger partial charge < -0.3 is 10.1 Å². The van der Waals surface area contributed by atoms with E-state index in [1.54, 1.807) is 7.11 Å². The second-order valence-corrected chi connectivity index (χ2v) is 4.35. The maximum Gasteiger partial charge on any atom is 0.123 e. The highest BCUT2D eigenvalue weighted by molar-refractivity contribution is 9.09. The minimum Gasteiger partial charge on any atom is -0.496 e. The first kappa shape index (κ1) is 12.5. The van der Waals surface area contributed by atoms with Crippen molar-refractivity contribution in [3.8, 4) is 5.75 Å². The predicted octanol–water partition coefficient (Wildman–Crippen LogP) is 3.26. The third kappa shape index (κ3) is 3.50. The SMILES string of the molecule is COc1ccc(C(C)C)cc1CNCBr. The summed E-state index contributed by atoms with van der Waals surface area (Å²) in [5.74, 6) is 1.51. The standard InChI is InChI=1S/C12H18BrNO/c1-9(2)10-4-5-12(15-3)11(6-10)7-14-8-13/h4-6,9,14H,7-8H2,1-3H3. The number of rotatable bonds is 5. The molecule has 0 saturated heterocycles. The van der Waals surface area contributed by atoms with E-state index in [0.29, 0.717) is 5.92 Å². The van der Waals surface area contributed by atoms with Crippen molar-refractivity contribution < 1.29 is 4.74 Å². The monoisotopic (exact) mass is 271 g/mol. The molecule has 0 aliphatic carbocycles. The topological polar surface area (TPSA) is 21.3 Å². The van der Waals surface area contributed by atoms with E-state index in [9.17, 15) is 0 Å². The molecule has 0 heterocycles. The van der Waals surface area contributed by atoms with Gasteiger partial charge in [-0.15, -0.1) is 0 Å². The van der Waals surface area contributed by atoms with Gasteiger partial charge in [0.2, 0.25) is 0 Å². The summed E-state index contributed by atoms with van der Waals surface area (Å²) in [4.78, 5) is 0. The molecule has 0 bridgehead atoms. The molecule has 0 aliphatic rings. The third-order valence-electron chi connectivity index (χ3n) is 2.38. The Balaban J connectivity index is 2.91. The molecule has 1 N–H and O–H groups in total. The lowest BCUT2D eigenvalue weighted by Crippen LogP contribution is -2.11. The van der Waals surface area contributed by atoms with Crippen LogP contribution < -0.4 is 10.1 Å². The quantitative estimate of drug-likeness (QED) is 0.656. The molecule has 2 nitrogen and oxygen atoms in total. The van der Waals surface area contributed by atoms with Crippen LogP contribution in [0.4, 0.5) is 0 Å². The van der Waals surface area contributed by atoms with Gasteiger partial charge in [0.1, 0.15) is 5.75 Å². The van der Waals surface area contributed by atoms with Crippen LogP contribution in [-0.4, -0.2) is 12.6 Å². The van der Waals surface area contributed by atoms with E-state index in [2.05, 4.69) is 47.2 Å². The second-order valence-electron chi connectivity index (χ2n) is 3.79. The lowest BCUT2D eigenvalue weighted by atomic mass is 10.0. The Labute approximate surface area is 100 Å².